The van der Waals surface area contributed by atoms with Crippen molar-refractivity contribution in [1.82, 2.24) is 10.2 Å². The summed E-state index contributed by atoms with van der Waals surface area (Å²) in [4.78, 5) is 24.2. The molecule has 1 heterocycles. The van der Waals surface area contributed by atoms with Gasteiger partial charge in [-0.25, -0.2) is 9.59 Å². The lowest BCUT2D eigenvalue weighted by molar-refractivity contribution is -0.141. The van der Waals surface area contributed by atoms with Crippen LogP contribution in [0.2, 0.25) is 0 Å². The van der Waals surface area contributed by atoms with Crippen LogP contribution in [0.15, 0.2) is 0 Å². The molecule has 0 radical (unpaired) electrons. The first-order valence-corrected chi connectivity index (χ1v) is 7.01. The molecule has 0 saturated carbocycles. The largest absolute Gasteiger partial charge is 0.480 e. The van der Waals surface area contributed by atoms with Crippen molar-refractivity contribution in [2.75, 3.05) is 26.3 Å². The molecule has 0 aromatic rings. The minimum Gasteiger partial charge on any atom is -0.480 e. The highest BCUT2D eigenvalue weighted by atomic mass is 16.5. The Bertz CT molecular complexity index is 296. The number of nitrogens with zero attached hydrogens (tertiary/aromatic N) is 1. The van der Waals surface area contributed by atoms with Crippen LogP contribution in [0.3, 0.4) is 0 Å². The van der Waals surface area contributed by atoms with Gasteiger partial charge in [0.25, 0.3) is 0 Å². The number of likely N-dealkylation sites (tertiary alicyclic amines) is 1. The lowest BCUT2D eigenvalue weighted by Crippen LogP contribution is -2.46. The van der Waals surface area contributed by atoms with Crippen molar-refractivity contribution in [1.29, 1.82) is 0 Å². The SMILES string of the molecule is CCCCOCCCNC(=O)N1CCCC1C(=O)O. The monoisotopic (exact) mass is 272 g/mol. The summed E-state index contributed by atoms with van der Waals surface area (Å²) in [5.74, 6) is -0.921. The maximum Gasteiger partial charge on any atom is 0.326 e. The molecule has 0 aromatic heterocycles. The predicted molar refractivity (Wildman–Crippen MR) is 71.1 cm³/mol. The second kappa shape index (κ2) is 8.74. The van der Waals surface area contributed by atoms with E-state index in [0.29, 0.717) is 26.1 Å². The van der Waals surface area contributed by atoms with E-state index in [1.807, 2.05) is 0 Å². The van der Waals surface area contributed by atoms with Gasteiger partial charge in [-0.3, -0.25) is 0 Å². The Hall–Kier alpha value is -1.30. The number of nitrogens with one attached hydrogen (secondary N) is 1. The van der Waals surface area contributed by atoms with Crippen LogP contribution in [0.4, 0.5) is 4.79 Å². The summed E-state index contributed by atoms with van der Waals surface area (Å²) in [6.07, 6.45) is 4.22. The van der Waals surface area contributed by atoms with Crippen molar-refractivity contribution < 1.29 is 19.4 Å². The van der Waals surface area contributed by atoms with Gasteiger partial charge in [-0.15, -0.1) is 0 Å². The number of urea groups is 1. The second-order valence-electron chi connectivity index (χ2n) is 4.74. The van der Waals surface area contributed by atoms with Crippen molar-refractivity contribution in [2.45, 2.75) is 45.1 Å². The fraction of sp³-hybridized carbons (Fsp3) is 0.846. The molecule has 0 spiro atoms. The zero-order chi connectivity index (χ0) is 14.1. The first-order chi connectivity index (χ1) is 9.16. The molecular formula is C13H24N2O4. The number of carboxylic acids is 1. The van der Waals surface area contributed by atoms with Crippen LogP contribution in [-0.2, 0) is 9.53 Å². The summed E-state index contributed by atoms with van der Waals surface area (Å²) in [6, 6.07) is -0.945. The van der Waals surface area contributed by atoms with Crippen LogP contribution in [-0.4, -0.2) is 54.4 Å². The summed E-state index contributed by atoms with van der Waals surface area (Å²) >= 11 is 0. The molecule has 1 fully saturated rings. The number of carbonyl (C=O) groups excluding carboxylic acids is 1. The molecule has 1 atom stereocenters. The molecule has 1 unspecified atom stereocenters. The minimum absolute atomic E-state index is 0.279. The van der Waals surface area contributed by atoms with Crippen LogP contribution in [0, 0.1) is 0 Å². The van der Waals surface area contributed by atoms with Gasteiger partial charge < -0.3 is 20.1 Å². The Morgan fingerprint density at radius 2 is 2.11 bits per heavy atom. The van der Waals surface area contributed by atoms with Crippen LogP contribution in [0.5, 0.6) is 0 Å². The Labute approximate surface area is 114 Å². The van der Waals surface area contributed by atoms with Gasteiger partial charge >= 0.3 is 12.0 Å². The van der Waals surface area contributed by atoms with Crippen LogP contribution >= 0.6 is 0 Å². The van der Waals surface area contributed by atoms with Crippen LogP contribution in [0.1, 0.15) is 39.0 Å². The van der Waals surface area contributed by atoms with Gasteiger partial charge in [0, 0.05) is 26.3 Å². The molecule has 2 amide bonds. The number of ether oxygens (including phenoxy) is 1. The van der Waals surface area contributed by atoms with E-state index in [1.54, 1.807) is 0 Å². The van der Waals surface area contributed by atoms with Gasteiger partial charge in [-0.2, -0.15) is 0 Å². The lowest BCUT2D eigenvalue weighted by atomic mass is 10.2. The molecule has 1 aliphatic heterocycles. The third-order valence-corrected chi connectivity index (χ3v) is 3.18. The number of hydrogen-bond acceptors (Lipinski definition) is 3. The molecule has 19 heavy (non-hydrogen) atoms. The Morgan fingerprint density at radius 1 is 1.37 bits per heavy atom. The zero-order valence-electron chi connectivity index (χ0n) is 11.6. The molecule has 0 aromatic carbocycles. The van der Waals surface area contributed by atoms with Gasteiger partial charge in [0.05, 0.1) is 0 Å². The normalized spacial score (nSPS) is 18.6. The van der Waals surface area contributed by atoms with Crippen LogP contribution in [0.25, 0.3) is 0 Å². The highest BCUT2D eigenvalue weighted by Crippen LogP contribution is 2.17. The predicted octanol–water partition coefficient (Wildman–Crippen LogP) is 1.45. The maximum absolute atomic E-state index is 11.8. The number of unbranched alkanes of at least 4 members (excludes halogenated alkanes) is 1. The third kappa shape index (κ3) is 5.46. The van der Waals surface area contributed by atoms with E-state index >= 15 is 0 Å². The Balaban J connectivity index is 2.12. The highest BCUT2D eigenvalue weighted by Gasteiger charge is 2.33. The van der Waals surface area contributed by atoms with Crippen LogP contribution < -0.4 is 5.32 Å². The second-order valence-corrected chi connectivity index (χ2v) is 4.74. The van der Waals surface area contributed by atoms with Gasteiger partial charge in [0.1, 0.15) is 6.04 Å². The number of carboxylic acid groups (broad SMARTS) is 1. The number of carbonyl (C=O) groups is 2. The molecule has 0 aliphatic carbocycles. The average Bonchev–Trinajstić information content (AvgIpc) is 2.87. The minimum atomic E-state index is -0.921. The highest BCUT2D eigenvalue weighted by molar-refractivity contribution is 5.83. The van der Waals surface area contributed by atoms with Gasteiger partial charge in [-0.05, 0) is 25.7 Å². The standard InChI is InChI=1S/C13H24N2O4/c1-2-3-9-19-10-5-7-14-13(18)15-8-4-6-11(15)12(16)17/h11H,2-10H2,1H3,(H,14,18)(H,16,17). The first kappa shape index (κ1) is 15.8. The summed E-state index contributed by atoms with van der Waals surface area (Å²) in [7, 11) is 0. The van der Waals surface area contributed by atoms with Crippen molar-refractivity contribution in [2.24, 2.45) is 0 Å². The van der Waals surface area contributed by atoms with Crippen molar-refractivity contribution >= 4 is 12.0 Å². The van der Waals surface area contributed by atoms with Gasteiger partial charge in [0.2, 0.25) is 0 Å². The average molecular weight is 272 g/mol. The number of aliphatic carboxylic acids is 1. The topological polar surface area (TPSA) is 78.9 Å². The summed E-state index contributed by atoms with van der Waals surface area (Å²) in [5, 5.41) is 11.7. The van der Waals surface area contributed by atoms with E-state index < -0.39 is 12.0 Å². The molecule has 0 bridgehead atoms. The first-order valence-electron chi connectivity index (χ1n) is 7.01. The molecule has 1 aliphatic rings. The summed E-state index contributed by atoms with van der Waals surface area (Å²) in [5.41, 5.74) is 0. The number of hydrogen-bond donors (Lipinski definition) is 2. The Kier molecular flexibility index (Phi) is 7.25. The molecule has 1 rings (SSSR count). The zero-order valence-corrected chi connectivity index (χ0v) is 11.6. The summed E-state index contributed by atoms with van der Waals surface area (Å²) in [6.45, 7) is 4.54. The Morgan fingerprint density at radius 3 is 2.79 bits per heavy atom. The van der Waals surface area contributed by atoms with Gasteiger partial charge in [0.15, 0.2) is 0 Å². The number of rotatable bonds is 8. The van der Waals surface area contributed by atoms with E-state index in [2.05, 4.69) is 12.2 Å². The smallest absolute Gasteiger partial charge is 0.326 e. The molecule has 6 nitrogen and oxygen atoms in total. The van der Waals surface area contributed by atoms with E-state index in [-0.39, 0.29) is 6.03 Å². The van der Waals surface area contributed by atoms with E-state index in [1.165, 1.54) is 4.90 Å². The molecule has 6 heteroatoms. The third-order valence-electron chi connectivity index (χ3n) is 3.18. The van der Waals surface area contributed by atoms with E-state index in [4.69, 9.17) is 9.84 Å². The lowest BCUT2D eigenvalue weighted by Gasteiger charge is -2.21. The van der Waals surface area contributed by atoms with E-state index in [0.717, 1.165) is 32.3 Å². The fourth-order valence-electron chi connectivity index (χ4n) is 2.09. The van der Waals surface area contributed by atoms with Crippen molar-refractivity contribution in [3.63, 3.8) is 0 Å². The maximum atomic E-state index is 11.8. The molecule has 1 saturated heterocycles. The quantitative estimate of drug-likeness (QED) is 0.655. The van der Waals surface area contributed by atoms with Crippen molar-refractivity contribution in [3.05, 3.63) is 0 Å². The molecule has 110 valence electrons. The molecular weight excluding hydrogens is 248 g/mol. The van der Waals surface area contributed by atoms with E-state index in [9.17, 15) is 9.59 Å². The number of amides is 2. The van der Waals surface area contributed by atoms with Gasteiger partial charge in [-0.1, -0.05) is 13.3 Å². The summed E-state index contributed by atoms with van der Waals surface area (Å²) < 4.78 is 5.38. The molecule has 2 N–H and O–H groups in total. The van der Waals surface area contributed by atoms with Crippen molar-refractivity contribution in [3.8, 4) is 0 Å². The fourth-order valence-corrected chi connectivity index (χ4v) is 2.09.